The Hall–Kier alpha value is -0.120. The number of ether oxygens (including phenoxy) is 1. The first-order chi connectivity index (χ1) is 7.86. The van der Waals surface area contributed by atoms with E-state index >= 15 is 0 Å². The Morgan fingerprint density at radius 1 is 1.31 bits per heavy atom. The summed E-state index contributed by atoms with van der Waals surface area (Å²) in [5.74, 6) is 0.518. The molecule has 0 aliphatic rings. The van der Waals surface area contributed by atoms with E-state index in [9.17, 15) is 0 Å². The van der Waals surface area contributed by atoms with Gasteiger partial charge in [-0.1, -0.05) is 19.8 Å². The van der Waals surface area contributed by atoms with Crippen LogP contribution in [0.15, 0.2) is 5.38 Å². The number of hydrogen-bond acceptors (Lipinski definition) is 3. The Morgan fingerprint density at radius 3 is 2.81 bits per heavy atom. The molecule has 0 N–H and O–H groups in total. The Balaban J connectivity index is 1.98. The SMILES string of the molecule is CCCCCOCCCc1nc(CCl)cs1. The van der Waals surface area contributed by atoms with E-state index in [1.807, 2.05) is 5.38 Å². The van der Waals surface area contributed by atoms with Crippen LogP contribution in [-0.2, 0) is 17.0 Å². The van der Waals surface area contributed by atoms with Crippen LogP contribution in [0, 0.1) is 0 Å². The van der Waals surface area contributed by atoms with Crippen LogP contribution in [0.3, 0.4) is 0 Å². The summed E-state index contributed by atoms with van der Waals surface area (Å²) in [5, 5.41) is 3.21. The van der Waals surface area contributed by atoms with Crippen molar-refractivity contribution in [2.45, 2.75) is 44.9 Å². The molecule has 16 heavy (non-hydrogen) atoms. The molecule has 4 heteroatoms. The van der Waals surface area contributed by atoms with E-state index in [0.29, 0.717) is 5.88 Å². The molecule has 0 saturated heterocycles. The van der Waals surface area contributed by atoms with Crippen molar-refractivity contribution in [2.75, 3.05) is 13.2 Å². The molecular weight excluding hydrogens is 242 g/mol. The minimum atomic E-state index is 0.518. The third-order valence-electron chi connectivity index (χ3n) is 2.31. The van der Waals surface area contributed by atoms with Crippen LogP contribution >= 0.6 is 22.9 Å². The molecule has 1 aromatic rings. The maximum atomic E-state index is 5.69. The molecule has 0 aromatic carbocycles. The number of aryl methyl sites for hydroxylation is 1. The second-order valence-electron chi connectivity index (χ2n) is 3.79. The molecule has 0 aliphatic carbocycles. The van der Waals surface area contributed by atoms with E-state index < -0.39 is 0 Å². The summed E-state index contributed by atoms with van der Waals surface area (Å²) < 4.78 is 5.54. The highest BCUT2D eigenvalue weighted by molar-refractivity contribution is 7.09. The maximum absolute atomic E-state index is 5.69. The summed E-state index contributed by atoms with van der Waals surface area (Å²) in [5.41, 5.74) is 0.991. The van der Waals surface area contributed by atoms with Crippen LogP contribution in [0.25, 0.3) is 0 Å². The molecule has 0 radical (unpaired) electrons. The summed E-state index contributed by atoms with van der Waals surface area (Å²) in [4.78, 5) is 4.41. The van der Waals surface area contributed by atoms with Gasteiger partial charge in [-0.25, -0.2) is 4.98 Å². The fourth-order valence-electron chi connectivity index (χ4n) is 1.41. The lowest BCUT2D eigenvalue weighted by molar-refractivity contribution is 0.128. The minimum Gasteiger partial charge on any atom is -0.381 e. The molecule has 0 unspecified atom stereocenters. The summed E-state index contributed by atoms with van der Waals surface area (Å²) in [6.07, 6.45) is 5.77. The number of rotatable bonds is 9. The zero-order valence-corrected chi connectivity index (χ0v) is 11.4. The summed E-state index contributed by atoms with van der Waals surface area (Å²) in [7, 11) is 0. The van der Waals surface area contributed by atoms with Crippen molar-refractivity contribution in [2.24, 2.45) is 0 Å². The Labute approximate surface area is 107 Å². The van der Waals surface area contributed by atoms with Crippen molar-refractivity contribution in [3.05, 3.63) is 16.1 Å². The molecule has 0 bridgehead atoms. The highest BCUT2D eigenvalue weighted by Gasteiger charge is 2.00. The molecule has 1 rings (SSSR count). The molecule has 0 fully saturated rings. The number of unbranched alkanes of at least 4 members (excludes halogenated alkanes) is 2. The number of aromatic nitrogens is 1. The van der Waals surface area contributed by atoms with Gasteiger partial charge in [0.1, 0.15) is 0 Å². The quantitative estimate of drug-likeness (QED) is 0.495. The number of halogens is 1. The average molecular weight is 262 g/mol. The van der Waals surface area contributed by atoms with Crippen molar-refractivity contribution in [1.29, 1.82) is 0 Å². The van der Waals surface area contributed by atoms with Crippen molar-refractivity contribution >= 4 is 22.9 Å². The molecule has 0 aliphatic heterocycles. The first-order valence-electron chi connectivity index (χ1n) is 5.93. The van der Waals surface area contributed by atoms with Gasteiger partial charge in [-0.05, 0) is 12.8 Å². The van der Waals surface area contributed by atoms with Crippen molar-refractivity contribution in [1.82, 2.24) is 4.98 Å². The first kappa shape index (κ1) is 13.9. The molecule has 92 valence electrons. The van der Waals surface area contributed by atoms with Gasteiger partial charge in [0.25, 0.3) is 0 Å². The van der Waals surface area contributed by atoms with Crippen molar-refractivity contribution in [3.8, 4) is 0 Å². The molecular formula is C12H20ClNOS. The van der Waals surface area contributed by atoms with Crippen LogP contribution in [0.5, 0.6) is 0 Å². The van der Waals surface area contributed by atoms with Gasteiger partial charge in [-0.15, -0.1) is 22.9 Å². The number of thiazole rings is 1. The highest BCUT2D eigenvalue weighted by Crippen LogP contribution is 2.13. The second-order valence-corrected chi connectivity index (χ2v) is 5.00. The van der Waals surface area contributed by atoms with Gasteiger partial charge in [0.05, 0.1) is 16.6 Å². The fraction of sp³-hybridized carbons (Fsp3) is 0.750. The zero-order valence-electron chi connectivity index (χ0n) is 9.88. The van der Waals surface area contributed by atoms with E-state index in [1.165, 1.54) is 24.3 Å². The number of hydrogen-bond donors (Lipinski definition) is 0. The average Bonchev–Trinajstić information content (AvgIpc) is 2.76. The van der Waals surface area contributed by atoms with E-state index in [4.69, 9.17) is 16.3 Å². The van der Waals surface area contributed by atoms with E-state index in [-0.39, 0.29) is 0 Å². The number of alkyl halides is 1. The van der Waals surface area contributed by atoms with Gasteiger partial charge >= 0.3 is 0 Å². The third-order valence-corrected chi connectivity index (χ3v) is 3.54. The van der Waals surface area contributed by atoms with E-state index in [1.54, 1.807) is 11.3 Å². The van der Waals surface area contributed by atoms with Crippen molar-refractivity contribution in [3.63, 3.8) is 0 Å². The predicted octanol–water partition coefficient (Wildman–Crippen LogP) is 4.02. The third kappa shape index (κ3) is 5.83. The predicted molar refractivity (Wildman–Crippen MR) is 70.3 cm³/mol. The van der Waals surface area contributed by atoms with Crippen LogP contribution in [-0.4, -0.2) is 18.2 Å². The standard InChI is InChI=1S/C12H20ClNOS/c1-2-3-4-7-15-8-5-6-12-14-11(9-13)10-16-12/h10H,2-9H2,1H3. The Kier molecular flexibility index (Phi) is 7.81. The zero-order chi connectivity index (χ0) is 11.6. The summed E-state index contributed by atoms with van der Waals surface area (Å²) in [6.45, 7) is 3.95. The molecule has 0 spiro atoms. The fourth-order valence-corrected chi connectivity index (χ4v) is 2.48. The van der Waals surface area contributed by atoms with Gasteiger partial charge in [-0.3, -0.25) is 0 Å². The molecule has 1 heterocycles. The molecule has 2 nitrogen and oxygen atoms in total. The Bertz CT molecular complexity index is 278. The smallest absolute Gasteiger partial charge is 0.0929 e. The van der Waals surface area contributed by atoms with Gasteiger partial charge in [-0.2, -0.15) is 0 Å². The van der Waals surface area contributed by atoms with Gasteiger partial charge in [0.15, 0.2) is 0 Å². The van der Waals surface area contributed by atoms with Gasteiger partial charge in [0, 0.05) is 25.0 Å². The van der Waals surface area contributed by atoms with Crippen LogP contribution in [0.1, 0.15) is 43.3 Å². The summed E-state index contributed by atoms with van der Waals surface area (Å²) in [6, 6.07) is 0. The van der Waals surface area contributed by atoms with Crippen LogP contribution in [0.4, 0.5) is 0 Å². The molecule has 0 saturated carbocycles. The summed E-state index contributed by atoms with van der Waals surface area (Å²) >= 11 is 7.39. The van der Waals surface area contributed by atoms with E-state index in [0.717, 1.165) is 31.7 Å². The number of nitrogens with zero attached hydrogens (tertiary/aromatic N) is 1. The monoisotopic (exact) mass is 261 g/mol. The normalized spacial score (nSPS) is 10.9. The molecule has 1 aromatic heterocycles. The largest absolute Gasteiger partial charge is 0.381 e. The lowest BCUT2D eigenvalue weighted by Gasteiger charge is -2.02. The molecule has 0 amide bonds. The van der Waals surface area contributed by atoms with Gasteiger partial charge < -0.3 is 4.74 Å². The maximum Gasteiger partial charge on any atom is 0.0929 e. The lowest BCUT2D eigenvalue weighted by Crippen LogP contribution is -1.98. The second kappa shape index (κ2) is 8.97. The van der Waals surface area contributed by atoms with Gasteiger partial charge in [0.2, 0.25) is 0 Å². The Morgan fingerprint density at radius 2 is 2.12 bits per heavy atom. The van der Waals surface area contributed by atoms with Crippen LogP contribution in [0.2, 0.25) is 0 Å². The van der Waals surface area contributed by atoms with E-state index in [2.05, 4.69) is 11.9 Å². The highest BCUT2D eigenvalue weighted by atomic mass is 35.5. The molecule has 0 atom stereocenters. The van der Waals surface area contributed by atoms with Crippen LogP contribution < -0.4 is 0 Å². The topological polar surface area (TPSA) is 22.1 Å². The minimum absolute atomic E-state index is 0.518. The lowest BCUT2D eigenvalue weighted by atomic mass is 10.3. The van der Waals surface area contributed by atoms with Crippen molar-refractivity contribution < 1.29 is 4.74 Å². The first-order valence-corrected chi connectivity index (χ1v) is 7.35.